The highest BCUT2D eigenvalue weighted by molar-refractivity contribution is 5.91. The Morgan fingerprint density at radius 1 is 1.19 bits per heavy atom. The lowest BCUT2D eigenvalue weighted by Crippen LogP contribution is -2.41. The van der Waals surface area contributed by atoms with Crippen LogP contribution in [0, 0.1) is 0 Å². The summed E-state index contributed by atoms with van der Waals surface area (Å²) in [6.45, 7) is 6.81. The van der Waals surface area contributed by atoms with Gasteiger partial charge in [0.2, 0.25) is 0 Å². The van der Waals surface area contributed by atoms with Crippen LogP contribution < -0.4 is 10.6 Å². The second kappa shape index (κ2) is 9.26. The Hall–Kier alpha value is -2.51. The Bertz CT molecular complexity index is 687. The van der Waals surface area contributed by atoms with Gasteiger partial charge in [0.25, 0.3) is 5.91 Å². The summed E-state index contributed by atoms with van der Waals surface area (Å²) < 4.78 is 5.31. The molecule has 0 radical (unpaired) electrons. The lowest BCUT2D eigenvalue weighted by molar-refractivity contribution is 0.0383. The summed E-state index contributed by atoms with van der Waals surface area (Å²) in [5, 5.41) is 6.17. The van der Waals surface area contributed by atoms with Gasteiger partial charge in [-0.05, 0) is 12.5 Å². The van der Waals surface area contributed by atoms with Crippen LogP contribution in [0.5, 0.6) is 0 Å². The van der Waals surface area contributed by atoms with Crippen molar-refractivity contribution in [3.8, 4) is 0 Å². The maximum atomic E-state index is 12.2. The van der Waals surface area contributed by atoms with Crippen molar-refractivity contribution in [3.05, 3.63) is 54.0 Å². The van der Waals surface area contributed by atoms with Crippen molar-refractivity contribution in [2.24, 2.45) is 0 Å². The molecular formula is C19H25N5O2. The number of amides is 1. The van der Waals surface area contributed by atoms with Crippen LogP contribution in [0.1, 0.15) is 29.0 Å². The normalized spacial score (nSPS) is 16.0. The lowest BCUT2D eigenvalue weighted by atomic mass is 10.1. The summed E-state index contributed by atoms with van der Waals surface area (Å²) in [6, 6.07) is 10.2. The van der Waals surface area contributed by atoms with E-state index in [2.05, 4.69) is 44.6 Å². The number of morpholine rings is 1. The van der Waals surface area contributed by atoms with Gasteiger partial charge in [0.05, 0.1) is 25.6 Å². The first-order chi connectivity index (χ1) is 12.7. The molecule has 0 aliphatic carbocycles. The number of benzene rings is 1. The van der Waals surface area contributed by atoms with E-state index in [4.69, 9.17) is 4.74 Å². The first kappa shape index (κ1) is 18.3. The topological polar surface area (TPSA) is 79.4 Å². The number of hydrogen-bond donors (Lipinski definition) is 2. The van der Waals surface area contributed by atoms with E-state index in [-0.39, 0.29) is 11.9 Å². The number of nitrogens with one attached hydrogen (secondary N) is 2. The summed E-state index contributed by atoms with van der Waals surface area (Å²) in [5.74, 6) is 0.444. The number of aromatic nitrogens is 2. The van der Waals surface area contributed by atoms with Gasteiger partial charge in [-0.15, -0.1) is 0 Å². The molecule has 1 unspecified atom stereocenters. The first-order valence-corrected chi connectivity index (χ1v) is 8.94. The third-order valence-electron chi connectivity index (χ3n) is 4.37. The van der Waals surface area contributed by atoms with Gasteiger partial charge in [0, 0.05) is 32.2 Å². The summed E-state index contributed by atoms with van der Waals surface area (Å²) in [4.78, 5) is 23.0. The standard InChI is InChI=1S/C19H25N5O2/c1-15(16-5-3-2-4-6-16)23-18-14-21-17(13-22-18)19(25)20-7-8-24-9-11-26-12-10-24/h2-6,13-15H,7-12H2,1H3,(H,20,25)(H,22,23). The van der Waals surface area contributed by atoms with E-state index in [1.54, 1.807) is 6.20 Å². The van der Waals surface area contributed by atoms with E-state index in [1.807, 2.05) is 18.2 Å². The maximum absolute atomic E-state index is 12.2. The summed E-state index contributed by atoms with van der Waals surface area (Å²) >= 11 is 0. The monoisotopic (exact) mass is 355 g/mol. The molecule has 2 N–H and O–H groups in total. The number of carbonyl (C=O) groups is 1. The molecule has 7 heteroatoms. The number of carbonyl (C=O) groups excluding carboxylic acids is 1. The molecular weight excluding hydrogens is 330 g/mol. The quantitative estimate of drug-likeness (QED) is 0.787. The molecule has 1 aliphatic rings. The molecule has 0 bridgehead atoms. The molecule has 1 saturated heterocycles. The van der Waals surface area contributed by atoms with Crippen LogP contribution >= 0.6 is 0 Å². The highest BCUT2D eigenvalue weighted by atomic mass is 16.5. The third-order valence-corrected chi connectivity index (χ3v) is 4.37. The molecule has 1 aromatic carbocycles. The Kier molecular flexibility index (Phi) is 6.51. The molecule has 0 saturated carbocycles. The zero-order chi connectivity index (χ0) is 18.2. The highest BCUT2D eigenvalue weighted by Crippen LogP contribution is 2.16. The minimum atomic E-state index is -0.201. The van der Waals surface area contributed by atoms with Crippen molar-refractivity contribution >= 4 is 11.7 Å². The molecule has 1 fully saturated rings. The fourth-order valence-corrected chi connectivity index (χ4v) is 2.81. The van der Waals surface area contributed by atoms with Gasteiger partial charge in [-0.3, -0.25) is 9.69 Å². The fourth-order valence-electron chi connectivity index (χ4n) is 2.81. The molecule has 2 aromatic rings. The first-order valence-electron chi connectivity index (χ1n) is 8.94. The number of hydrogen-bond acceptors (Lipinski definition) is 6. The van der Waals surface area contributed by atoms with Gasteiger partial charge in [0.1, 0.15) is 11.5 Å². The Morgan fingerprint density at radius 2 is 1.96 bits per heavy atom. The number of ether oxygens (including phenoxy) is 1. The predicted molar refractivity (Wildman–Crippen MR) is 100 cm³/mol. The van der Waals surface area contributed by atoms with Crippen LogP contribution in [0.15, 0.2) is 42.7 Å². The third kappa shape index (κ3) is 5.24. The Morgan fingerprint density at radius 3 is 2.65 bits per heavy atom. The molecule has 2 heterocycles. The van der Waals surface area contributed by atoms with Gasteiger partial charge < -0.3 is 15.4 Å². The predicted octanol–water partition coefficient (Wildman–Crippen LogP) is 1.71. The molecule has 0 spiro atoms. The highest BCUT2D eigenvalue weighted by Gasteiger charge is 2.12. The summed E-state index contributed by atoms with van der Waals surface area (Å²) in [5.41, 5.74) is 1.49. The largest absolute Gasteiger partial charge is 0.379 e. The van der Waals surface area contributed by atoms with Crippen LogP contribution in [0.2, 0.25) is 0 Å². The molecule has 3 rings (SSSR count). The maximum Gasteiger partial charge on any atom is 0.271 e. The molecule has 7 nitrogen and oxygen atoms in total. The molecule has 1 aliphatic heterocycles. The zero-order valence-electron chi connectivity index (χ0n) is 15.0. The number of nitrogens with zero attached hydrogens (tertiary/aromatic N) is 3. The van der Waals surface area contributed by atoms with E-state index in [0.717, 1.165) is 32.8 Å². The van der Waals surface area contributed by atoms with Crippen molar-refractivity contribution in [3.63, 3.8) is 0 Å². The van der Waals surface area contributed by atoms with Crippen LogP contribution in [-0.4, -0.2) is 60.2 Å². The lowest BCUT2D eigenvalue weighted by Gasteiger charge is -2.26. The van der Waals surface area contributed by atoms with Crippen molar-refractivity contribution in [1.29, 1.82) is 0 Å². The van der Waals surface area contributed by atoms with Gasteiger partial charge in [-0.1, -0.05) is 30.3 Å². The second-order valence-corrected chi connectivity index (χ2v) is 6.27. The number of anilines is 1. The second-order valence-electron chi connectivity index (χ2n) is 6.27. The average Bonchev–Trinajstić information content (AvgIpc) is 2.70. The SMILES string of the molecule is CC(Nc1cnc(C(=O)NCCN2CCOCC2)cn1)c1ccccc1. The van der Waals surface area contributed by atoms with Gasteiger partial charge in [0.15, 0.2) is 0 Å². The molecule has 26 heavy (non-hydrogen) atoms. The molecule has 1 aromatic heterocycles. The van der Waals surface area contributed by atoms with Crippen molar-refractivity contribution < 1.29 is 9.53 Å². The van der Waals surface area contributed by atoms with Crippen LogP contribution in [-0.2, 0) is 4.74 Å². The van der Waals surface area contributed by atoms with E-state index in [1.165, 1.54) is 11.8 Å². The van der Waals surface area contributed by atoms with Gasteiger partial charge >= 0.3 is 0 Å². The van der Waals surface area contributed by atoms with Gasteiger partial charge in [-0.2, -0.15) is 0 Å². The smallest absolute Gasteiger partial charge is 0.271 e. The van der Waals surface area contributed by atoms with Crippen molar-refractivity contribution in [2.75, 3.05) is 44.7 Å². The fraction of sp³-hybridized carbons (Fsp3) is 0.421. The Balaban J connectivity index is 1.46. The molecule has 138 valence electrons. The van der Waals surface area contributed by atoms with E-state index in [9.17, 15) is 4.79 Å². The van der Waals surface area contributed by atoms with Crippen LogP contribution in [0.4, 0.5) is 5.82 Å². The van der Waals surface area contributed by atoms with Crippen molar-refractivity contribution in [1.82, 2.24) is 20.2 Å². The average molecular weight is 355 g/mol. The van der Waals surface area contributed by atoms with E-state index < -0.39 is 0 Å². The minimum absolute atomic E-state index is 0.110. The van der Waals surface area contributed by atoms with E-state index >= 15 is 0 Å². The van der Waals surface area contributed by atoms with Crippen LogP contribution in [0.25, 0.3) is 0 Å². The summed E-state index contributed by atoms with van der Waals surface area (Å²) in [6.07, 6.45) is 3.10. The minimum Gasteiger partial charge on any atom is -0.379 e. The summed E-state index contributed by atoms with van der Waals surface area (Å²) in [7, 11) is 0. The molecule has 1 atom stereocenters. The van der Waals surface area contributed by atoms with Crippen molar-refractivity contribution in [2.45, 2.75) is 13.0 Å². The van der Waals surface area contributed by atoms with E-state index in [0.29, 0.717) is 18.1 Å². The molecule has 1 amide bonds. The Labute approximate surface area is 153 Å². The number of rotatable bonds is 7. The van der Waals surface area contributed by atoms with Crippen LogP contribution in [0.3, 0.4) is 0 Å². The zero-order valence-corrected chi connectivity index (χ0v) is 15.0. The van der Waals surface area contributed by atoms with Gasteiger partial charge in [-0.25, -0.2) is 9.97 Å².